The minimum atomic E-state index is 0.244. The summed E-state index contributed by atoms with van der Waals surface area (Å²) in [4.78, 5) is 2.32. The largest absolute Gasteiger partial charge is 0.396 e. The summed E-state index contributed by atoms with van der Waals surface area (Å²) in [7, 11) is 0. The molecule has 3 nitrogen and oxygen atoms in total. The highest BCUT2D eigenvalue weighted by Gasteiger charge is 2.28. The van der Waals surface area contributed by atoms with Crippen LogP contribution in [0.3, 0.4) is 0 Å². The van der Waals surface area contributed by atoms with E-state index in [0.717, 1.165) is 32.5 Å². The Balaban J connectivity index is 1.93. The molecule has 1 aliphatic rings. The maximum Gasteiger partial charge on any atom is 0.0992 e. The van der Waals surface area contributed by atoms with Gasteiger partial charge in [0.1, 0.15) is 0 Å². The second-order valence-corrected chi connectivity index (χ2v) is 6.65. The number of hydrogen-bond donors (Lipinski definition) is 1. The number of hydrogen-bond acceptors (Lipinski definition) is 3. The van der Waals surface area contributed by atoms with Crippen LogP contribution >= 0.6 is 0 Å². The van der Waals surface area contributed by atoms with Gasteiger partial charge in [0.25, 0.3) is 0 Å². The van der Waals surface area contributed by atoms with Crippen molar-refractivity contribution in [1.82, 2.24) is 4.90 Å². The van der Waals surface area contributed by atoms with E-state index in [2.05, 4.69) is 43.0 Å². The third-order valence-electron chi connectivity index (χ3n) is 4.70. The molecule has 0 saturated carbocycles. The first-order valence-corrected chi connectivity index (χ1v) is 8.79. The van der Waals surface area contributed by atoms with E-state index in [4.69, 9.17) is 9.84 Å². The van der Waals surface area contributed by atoms with Crippen molar-refractivity contribution < 1.29 is 9.84 Å². The summed E-state index contributed by atoms with van der Waals surface area (Å²) in [5.41, 5.74) is 5.86. The molecule has 1 N–H and O–H groups in total. The summed E-state index contributed by atoms with van der Waals surface area (Å²) in [6.07, 6.45) is 3.16. The molecule has 0 aromatic heterocycles. The van der Waals surface area contributed by atoms with Crippen LogP contribution in [0.1, 0.15) is 37.8 Å². The molecule has 23 heavy (non-hydrogen) atoms. The quantitative estimate of drug-likeness (QED) is 0.529. The zero-order chi connectivity index (χ0) is 16.7. The highest BCUT2D eigenvalue weighted by Crippen LogP contribution is 2.37. The molecule has 128 valence electrons. The smallest absolute Gasteiger partial charge is 0.0992 e. The van der Waals surface area contributed by atoms with Crippen molar-refractivity contribution in [2.45, 2.75) is 40.0 Å². The lowest BCUT2D eigenvalue weighted by molar-refractivity contribution is 0.0354. The zero-order valence-electron chi connectivity index (χ0n) is 14.8. The Morgan fingerprint density at radius 1 is 1.22 bits per heavy atom. The maximum absolute atomic E-state index is 9.09. The third-order valence-corrected chi connectivity index (χ3v) is 4.70. The van der Waals surface area contributed by atoms with E-state index in [9.17, 15) is 0 Å². The minimum Gasteiger partial charge on any atom is -0.396 e. The van der Waals surface area contributed by atoms with Crippen molar-refractivity contribution in [3.63, 3.8) is 0 Å². The lowest BCUT2D eigenvalue weighted by Gasteiger charge is -2.36. The monoisotopic (exact) mass is 317 g/mol. The Bertz CT molecular complexity index is 499. The fourth-order valence-electron chi connectivity index (χ4n) is 3.25. The van der Waals surface area contributed by atoms with Crippen molar-refractivity contribution in [3.8, 4) is 0 Å². The summed E-state index contributed by atoms with van der Waals surface area (Å²) in [5, 5.41) is 9.09. The molecule has 0 fully saturated rings. The lowest BCUT2D eigenvalue weighted by Crippen LogP contribution is -2.35. The summed E-state index contributed by atoms with van der Waals surface area (Å²) < 4.78 is 5.59. The van der Waals surface area contributed by atoms with Crippen LogP contribution in [0.4, 0.5) is 0 Å². The molecule has 1 atom stereocenters. The van der Waals surface area contributed by atoms with Gasteiger partial charge < -0.3 is 9.84 Å². The van der Waals surface area contributed by atoms with Crippen molar-refractivity contribution in [1.29, 1.82) is 0 Å². The molecule has 3 heteroatoms. The normalized spacial score (nSPS) is 17.7. The van der Waals surface area contributed by atoms with Crippen LogP contribution in [0.25, 0.3) is 0 Å². The molecule has 1 aromatic carbocycles. The first kappa shape index (κ1) is 18.2. The number of rotatable bonds is 10. The van der Waals surface area contributed by atoms with Gasteiger partial charge in [-0.3, -0.25) is 4.90 Å². The van der Waals surface area contributed by atoms with Crippen LogP contribution in [0.2, 0.25) is 0 Å². The van der Waals surface area contributed by atoms with Crippen LogP contribution in [0.5, 0.6) is 0 Å². The van der Waals surface area contributed by atoms with Crippen LogP contribution < -0.4 is 0 Å². The molecular weight excluding hydrogens is 286 g/mol. The van der Waals surface area contributed by atoms with Gasteiger partial charge in [0.15, 0.2) is 0 Å². The van der Waals surface area contributed by atoms with Crippen molar-refractivity contribution in [2.24, 2.45) is 5.92 Å². The number of aryl methyl sites for hydroxylation is 1. The van der Waals surface area contributed by atoms with Crippen LogP contribution in [0.15, 0.2) is 35.4 Å². The number of allylic oxidation sites excluding steroid dienone is 1. The average Bonchev–Trinajstić information content (AvgIpc) is 2.55. The number of aliphatic hydroxyl groups is 1. The predicted molar refractivity (Wildman–Crippen MR) is 95.5 cm³/mol. The van der Waals surface area contributed by atoms with Gasteiger partial charge in [-0.2, -0.15) is 0 Å². The minimum absolute atomic E-state index is 0.244. The van der Waals surface area contributed by atoms with Crippen LogP contribution in [-0.4, -0.2) is 43.0 Å². The lowest BCUT2D eigenvalue weighted by atomic mass is 9.74. The first-order chi connectivity index (χ1) is 11.1. The number of ether oxygens (including phenoxy) is 1. The van der Waals surface area contributed by atoms with E-state index in [0.29, 0.717) is 12.6 Å². The summed E-state index contributed by atoms with van der Waals surface area (Å²) in [6, 6.07) is 8.91. The van der Waals surface area contributed by atoms with Crippen LogP contribution in [0, 0.1) is 12.8 Å². The SMILES string of the molecule is CCOCN(CCCO)CC1=C(C)CC1Cc1ccc(C)cc1. The Morgan fingerprint density at radius 2 is 1.96 bits per heavy atom. The third kappa shape index (κ3) is 5.45. The molecule has 0 saturated heterocycles. The van der Waals surface area contributed by atoms with Gasteiger partial charge in [0.05, 0.1) is 6.73 Å². The molecule has 0 radical (unpaired) electrons. The van der Waals surface area contributed by atoms with E-state index in [1.165, 1.54) is 23.1 Å². The Labute approximate surface area is 141 Å². The molecule has 0 heterocycles. The van der Waals surface area contributed by atoms with Crippen molar-refractivity contribution in [2.75, 3.05) is 33.0 Å². The maximum atomic E-state index is 9.09. The van der Waals surface area contributed by atoms with E-state index >= 15 is 0 Å². The van der Waals surface area contributed by atoms with E-state index in [1.54, 1.807) is 5.57 Å². The Kier molecular flexibility index (Phi) is 7.28. The molecule has 1 unspecified atom stereocenters. The second-order valence-electron chi connectivity index (χ2n) is 6.65. The standard InChI is InChI=1S/C20H31NO2/c1-4-23-15-21(10-5-11-22)14-20-17(3)12-19(20)13-18-8-6-16(2)7-9-18/h6-9,19,22H,4-5,10-15H2,1-3H3. The molecular formula is C20H31NO2. The molecule has 1 aromatic rings. The second kappa shape index (κ2) is 9.21. The molecule has 2 rings (SSSR count). The van der Waals surface area contributed by atoms with Crippen molar-refractivity contribution >= 4 is 0 Å². The highest BCUT2D eigenvalue weighted by atomic mass is 16.5. The van der Waals surface area contributed by atoms with Crippen LogP contribution in [-0.2, 0) is 11.2 Å². The number of aliphatic hydroxyl groups excluding tert-OH is 1. The molecule has 0 amide bonds. The highest BCUT2D eigenvalue weighted by molar-refractivity contribution is 5.32. The van der Waals surface area contributed by atoms with Gasteiger partial charge in [-0.1, -0.05) is 41.0 Å². The fraction of sp³-hybridized carbons (Fsp3) is 0.600. The molecule has 0 spiro atoms. The van der Waals surface area contributed by atoms with Gasteiger partial charge in [-0.15, -0.1) is 0 Å². The van der Waals surface area contributed by atoms with Gasteiger partial charge >= 0.3 is 0 Å². The van der Waals surface area contributed by atoms with Gasteiger partial charge in [0, 0.05) is 26.3 Å². The summed E-state index contributed by atoms with van der Waals surface area (Å²) in [6.45, 7) is 9.92. The molecule has 0 bridgehead atoms. The molecule has 0 aliphatic heterocycles. The predicted octanol–water partition coefficient (Wildman–Crippen LogP) is 3.55. The average molecular weight is 317 g/mol. The van der Waals surface area contributed by atoms with E-state index < -0.39 is 0 Å². The first-order valence-electron chi connectivity index (χ1n) is 8.79. The van der Waals surface area contributed by atoms with Gasteiger partial charge in [-0.25, -0.2) is 0 Å². The topological polar surface area (TPSA) is 32.7 Å². The van der Waals surface area contributed by atoms with Crippen molar-refractivity contribution in [3.05, 3.63) is 46.5 Å². The summed E-state index contributed by atoms with van der Waals surface area (Å²) in [5.74, 6) is 0.663. The van der Waals surface area contributed by atoms with E-state index in [1.807, 2.05) is 6.92 Å². The van der Waals surface area contributed by atoms with Gasteiger partial charge in [0.2, 0.25) is 0 Å². The number of benzene rings is 1. The zero-order valence-corrected chi connectivity index (χ0v) is 14.8. The van der Waals surface area contributed by atoms with Gasteiger partial charge in [-0.05, 0) is 51.5 Å². The number of nitrogens with zero attached hydrogens (tertiary/aromatic N) is 1. The summed E-state index contributed by atoms with van der Waals surface area (Å²) >= 11 is 0. The molecule has 1 aliphatic carbocycles. The fourth-order valence-corrected chi connectivity index (χ4v) is 3.25. The Morgan fingerprint density at radius 3 is 2.57 bits per heavy atom. The van der Waals surface area contributed by atoms with E-state index in [-0.39, 0.29) is 6.61 Å². The Hall–Kier alpha value is -1.16.